The van der Waals surface area contributed by atoms with Gasteiger partial charge in [-0.3, -0.25) is 19.2 Å². The van der Waals surface area contributed by atoms with Crippen LogP contribution in [0.1, 0.15) is 27.7 Å². The van der Waals surface area contributed by atoms with E-state index in [1.54, 1.807) is 36.4 Å². The van der Waals surface area contributed by atoms with Gasteiger partial charge in [0.05, 0.1) is 0 Å². The highest BCUT2D eigenvalue weighted by molar-refractivity contribution is 7.17. The van der Waals surface area contributed by atoms with Gasteiger partial charge in [-0.25, -0.2) is 9.09 Å². The number of hydrogen-bond donors (Lipinski definition) is 0. The summed E-state index contributed by atoms with van der Waals surface area (Å²) in [5, 5.41) is 0. The van der Waals surface area contributed by atoms with Crippen LogP contribution in [0.5, 0.6) is 11.5 Å². The van der Waals surface area contributed by atoms with Crippen LogP contribution in [0.3, 0.4) is 0 Å². The lowest BCUT2D eigenvalue weighted by Crippen LogP contribution is -2.75. The first-order valence-corrected chi connectivity index (χ1v) is 13.5. The van der Waals surface area contributed by atoms with E-state index < -0.39 is 75.3 Å². The minimum absolute atomic E-state index is 0.112. The van der Waals surface area contributed by atoms with Gasteiger partial charge in [0, 0.05) is 34.8 Å². The van der Waals surface area contributed by atoms with E-state index in [2.05, 4.69) is 0 Å². The molecule has 14 nitrogen and oxygen atoms in total. The highest BCUT2D eigenvalue weighted by Gasteiger charge is 2.68. The summed E-state index contributed by atoms with van der Waals surface area (Å²) in [6.45, 7) is 3.55. The third-order valence-electron chi connectivity index (χ3n) is 5.92. The molecule has 1 aliphatic rings. The molecule has 2 aromatic carbocycles. The maximum absolute atomic E-state index is 12.5. The lowest BCUT2D eigenvalue weighted by atomic mass is 9.90. The average molecular weight is 623 g/mol. The summed E-state index contributed by atoms with van der Waals surface area (Å²) in [4.78, 5) is 49.0. The first-order chi connectivity index (χ1) is 20.4. The molecule has 0 bridgehead atoms. The summed E-state index contributed by atoms with van der Waals surface area (Å²) in [6.07, 6.45) is -7.00. The van der Waals surface area contributed by atoms with Gasteiger partial charge in [0.1, 0.15) is 18.1 Å². The number of benzene rings is 2. The van der Waals surface area contributed by atoms with E-state index in [-0.39, 0.29) is 11.5 Å². The van der Waals surface area contributed by atoms with Crippen molar-refractivity contribution in [2.24, 2.45) is 0 Å². The molecule has 0 N–H and O–H groups in total. The largest absolute Gasteiger partial charge is 0.460 e. The van der Waals surface area contributed by atoms with E-state index in [9.17, 15) is 23.7 Å². The van der Waals surface area contributed by atoms with Gasteiger partial charge in [0.2, 0.25) is 11.9 Å². The number of ether oxygens (including phenoxy) is 8. The van der Waals surface area contributed by atoms with Gasteiger partial charge in [-0.15, -0.1) is 0 Å². The van der Waals surface area contributed by atoms with Crippen molar-refractivity contribution in [2.75, 3.05) is 13.7 Å². The third-order valence-corrected chi connectivity index (χ3v) is 6.25. The van der Waals surface area contributed by atoms with Crippen LogP contribution in [-0.2, 0) is 56.7 Å². The van der Waals surface area contributed by atoms with E-state index in [1.807, 2.05) is 0 Å². The van der Waals surface area contributed by atoms with Gasteiger partial charge in [-0.2, -0.15) is 0 Å². The molecule has 1 fully saturated rings. The second-order valence-electron chi connectivity index (χ2n) is 9.11. The lowest BCUT2D eigenvalue weighted by molar-refractivity contribution is -0.423. The molecule has 43 heavy (non-hydrogen) atoms. The van der Waals surface area contributed by atoms with Crippen molar-refractivity contribution in [3.05, 3.63) is 60.7 Å². The van der Waals surface area contributed by atoms with Crippen molar-refractivity contribution in [3.63, 3.8) is 0 Å². The Morgan fingerprint density at radius 1 is 0.767 bits per heavy atom. The van der Waals surface area contributed by atoms with Crippen molar-refractivity contribution in [1.29, 1.82) is 0 Å². The first-order valence-electron chi connectivity index (χ1n) is 12.8. The quantitative estimate of drug-likeness (QED) is 0.138. The van der Waals surface area contributed by atoms with Crippen molar-refractivity contribution >= 4 is 32.6 Å². The fraction of sp³-hybridized carbons (Fsp3) is 0.429. The van der Waals surface area contributed by atoms with Crippen LogP contribution in [0.4, 0.5) is 0 Å². The zero-order chi connectivity index (χ0) is 31.6. The van der Waals surface area contributed by atoms with Crippen molar-refractivity contribution < 1.29 is 66.2 Å². The number of para-hydroxylation sites is 2. The normalized spacial score (nSPS) is 23.5. The van der Waals surface area contributed by atoms with Crippen LogP contribution in [0, 0.1) is 0 Å². The Balaban J connectivity index is 2.34. The SMILES string of the molecule is COC1(COC(C)=O)OC(C(OP=O)(Oc2ccccc2)Oc2ccccc2)C(OC(C)=O)C(OC(C)=O)C1OC(C)=O. The highest BCUT2D eigenvalue weighted by atomic mass is 31.1. The van der Waals surface area contributed by atoms with Gasteiger partial charge in [-0.05, 0) is 24.3 Å². The molecule has 5 unspecified atom stereocenters. The number of rotatable bonds is 13. The summed E-state index contributed by atoms with van der Waals surface area (Å²) >= 11 is 0. The maximum Gasteiger partial charge on any atom is 0.414 e. The highest BCUT2D eigenvalue weighted by Crippen LogP contribution is 2.44. The Morgan fingerprint density at radius 2 is 1.26 bits per heavy atom. The lowest BCUT2D eigenvalue weighted by Gasteiger charge is -2.52. The number of esters is 4. The summed E-state index contributed by atoms with van der Waals surface area (Å²) in [7, 11) is 0.145. The molecule has 5 atom stereocenters. The molecule has 0 aliphatic carbocycles. The molecule has 1 heterocycles. The van der Waals surface area contributed by atoms with E-state index in [0.29, 0.717) is 0 Å². The first kappa shape index (κ1) is 33.4. The summed E-state index contributed by atoms with van der Waals surface area (Å²) in [5.41, 5.74) is 0. The molecule has 0 amide bonds. The predicted octanol–water partition coefficient (Wildman–Crippen LogP) is 3.12. The molecule has 0 aromatic heterocycles. The number of hydrogen-bond acceptors (Lipinski definition) is 14. The molecule has 1 saturated heterocycles. The number of carbonyl (C=O) groups is 4. The van der Waals surface area contributed by atoms with E-state index in [1.165, 1.54) is 24.3 Å². The molecular formula is C28H31O14P. The topological polar surface area (TPSA) is 168 Å². The van der Waals surface area contributed by atoms with Crippen LogP contribution in [0.15, 0.2) is 60.7 Å². The minimum atomic E-state index is -2.61. The van der Waals surface area contributed by atoms with Gasteiger partial charge >= 0.3 is 38.5 Å². The van der Waals surface area contributed by atoms with Crippen LogP contribution < -0.4 is 9.47 Å². The summed E-state index contributed by atoms with van der Waals surface area (Å²) in [5.74, 6) is -8.07. The maximum atomic E-state index is 12.5. The van der Waals surface area contributed by atoms with E-state index in [4.69, 9.17) is 42.4 Å². The molecule has 2 aromatic rings. The smallest absolute Gasteiger partial charge is 0.414 e. The zero-order valence-electron chi connectivity index (χ0n) is 24.0. The molecule has 1 aliphatic heterocycles. The standard InChI is InChI=1S/C28H31O14P/c1-17(29)35-16-27(34-5)25(38-20(4)32)23(36-18(2)30)24(37-19(3)31)26(41-27)28(42-43-33,39-21-12-8-6-9-13-21)40-22-14-10-7-11-15-22/h6-15,23-26H,16H2,1-5H3. The summed E-state index contributed by atoms with van der Waals surface area (Å²) < 4.78 is 63.8. The second-order valence-corrected chi connectivity index (χ2v) is 9.44. The Morgan fingerprint density at radius 3 is 1.67 bits per heavy atom. The number of carbonyl (C=O) groups excluding carboxylic acids is 4. The van der Waals surface area contributed by atoms with Crippen LogP contribution in [0.2, 0.25) is 0 Å². The van der Waals surface area contributed by atoms with Crippen molar-refractivity contribution in [2.45, 2.75) is 63.9 Å². The Labute approximate surface area is 248 Å². The molecule has 0 radical (unpaired) electrons. The molecule has 15 heteroatoms. The van der Waals surface area contributed by atoms with Gasteiger partial charge in [0.25, 0.3) is 0 Å². The molecule has 0 saturated carbocycles. The fourth-order valence-electron chi connectivity index (χ4n) is 4.32. The molecule has 3 rings (SSSR count). The Hall–Kier alpha value is -4.10. The van der Waals surface area contributed by atoms with E-state index in [0.717, 1.165) is 34.8 Å². The molecule has 232 valence electrons. The fourth-order valence-corrected chi connectivity index (χ4v) is 4.60. The van der Waals surface area contributed by atoms with Gasteiger partial charge < -0.3 is 37.9 Å². The van der Waals surface area contributed by atoms with Crippen molar-refractivity contribution in [3.8, 4) is 11.5 Å². The zero-order valence-corrected chi connectivity index (χ0v) is 24.8. The van der Waals surface area contributed by atoms with Gasteiger partial charge in [-0.1, -0.05) is 36.4 Å². The minimum Gasteiger partial charge on any atom is -0.460 e. The summed E-state index contributed by atoms with van der Waals surface area (Å²) in [6, 6.07) is 16.0. The van der Waals surface area contributed by atoms with Crippen LogP contribution in [-0.4, -0.2) is 73.8 Å². The van der Waals surface area contributed by atoms with Crippen molar-refractivity contribution in [1.82, 2.24) is 0 Å². The average Bonchev–Trinajstić information content (AvgIpc) is 2.95. The van der Waals surface area contributed by atoms with Crippen LogP contribution in [0.25, 0.3) is 0 Å². The predicted molar refractivity (Wildman–Crippen MR) is 143 cm³/mol. The van der Waals surface area contributed by atoms with Crippen LogP contribution >= 0.6 is 8.69 Å². The van der Waals surface area contributed by atoms with E-state index >= 15 is 0 Å². The second kappa shape index (κ2) is 14.9. The monoisotopic (exact) mass is 622 g/mol. The van der Waals surface area contributed by atoms with Gasteiger partial charge in [0.15, 0.2) is 18.3 Å². The third kappa shape index (κ3) is 8.48. The molecular weight excluding hydrogens is 591 g/mol. The Bertz CT molecular complexity index is 1230. The Kier molecular flexibility index (Phi) is 11.6. The number of methoxy groups -OCH3 is 1. The molecule has 0 spiro atoms.